The summed E-state index contributed by atoms with van der Waals surface area (Å²) in [7, 11) is 0. The van der Waals surface area contributed by atoms with Crippen molar-refractivity contribution in [3.05, 3.63) is 57.3 Å². The maximum atomic E-state index is 11.9. The Labute approximate surface area is 117 Å². The molecule has 0 atom stereocenters. The van der Waals surface area contributed by atoms with Gasteiger partial charge in [0, 0.05) is 11.4 Å². The van der Waals surface area contributed by atoms with Crippen LogP contribution in [0.2, 0.25) is 0 Å². The van der Waals surface area contributed by atoms with Crippen molar-refractivity contribution in [1.29, 1.82) is 0 Å². The van der Waals surface area contributed by atoms with E-state index in [-0.39, 0.29) is 5.91 Å². The van der Waals surface area contributed by atoms with Crippen molar-refractivity contribution in [2.24, 2.45) is 5.73 Å². The van der Waals surface area contributed by atoms with E-state index < -0.39 is 0 Å². The summed E-state index contributed by atoms with van der Waals surface area (Å²) in [6, 6.07) is 9.86. The van der Waals surface area contributed by atoms with Crippen molar-refractivity contribution in [2.45, 2.75) is 26.4 Å². The lowest BCUT2D eigenvalue weighted by molar-refractivity contribution is -0.120. The first-order valence-corrected chi connectivity index (χ1v) is 7.15. The highest BCUT2D eigenvalue weighted by atomic mass is 32.1. The van der Waals surface area contributed by atoms with Crippen molar-refractivity contribution in [3.63, 3.8) is 0 Å². The van der Waals surface area contributed by atoms with Crippen LogP contribution in [-0.2, 0) is 24.3 Å². The van der Waals surface area contributed by atoms with E-state index >= 15 is 0 Å². The predicted molar refractivity (Wildman–Crippen MR) is 78.9 cm³/mol. The molecule has 0 saturated heterocycles. The summed E-state index contributed by atoms with van der Waals surface area (Å²) in [5.74, 6) is 0.0358. The van der Waals surface area contributed by atoms with Gasteiger partial charge in [-0.1, -0.05) is 24.3 Å². The number of aryl methyl sites for hydroxylation is 1. The third kappa shape index (κ3) is 3.66. The van der Waals surface area contributed by atoms with Gasteiger partial charge < -0.3 is 11.1 Å². The zero-order chi connectivity index (χ0) is 13.7. The van der Waals surface area contributed by atoms with E-state index in [9.17, 15) is 4.79 Å². The Morgan fingerprint density at radius 3 is 2.63 bits per heavy atom. The average Bonchev–Trinajstić information content (AvgIpc) is 2.82. The molecule has 3 N–H and O–H groups in total. The van der Waals surface area contributed by atoms with E-state index in [1.54, 1.807) is 11.3 Å². The summed E-state index contributed by atoms with van der Waals surface area (Å²) >= 11 is 1.67. The van der Waals surface area contributed by atoms with Gasteiger partial charge in [-0.15, -0.1) is 11.3 Å². The first-order chi connectivity index (χ1) is 9.20. The third-order valence-corrected chi connectivity index (χ3v) is 4.13. The summed E-state index contributed by atoms with van der Waals surface area (Å²) in [5.41, 5.74) is 8.93. The smallest absolute Gasteiger partial charge is 0.224 e. The fourth-order valence-corrected chi connectivity index (χ4v) is 2.77. The number of hydrogen-bond acceptors (Lipinski definition) is 3. The second-order valence-electron chi connectivity index (χ2n) is 4.45. The molecule has 2 aromatic rings. The molecule has 1 aromatic heterocycles. The summed E-state index contributed by atoms with van der Waals surface area (Å²) in [5, 5.41) is 5.00. The molecule has 0 aliphatic carbocycles. The van der Waals surface area contributed by atoms with Gasteiger partial charge >= 0.3 is 0 Å². The molecule has 0 aliphatic heterocycles. The van der Waals surface area contributed by atoms with Crippen molar-refractivity contribution < 1.29 is 4.79 Å². The van der Waals surface area contributed by atoms with Crippen molar-refractivity contribution in [2.75, 3.05) is 0 Å². The third-order valence-electron chi connectivity index (χ3n) is 3.10. The standard InChI is InChI=1S/C15H18N2OS/c1-11-6-7-19-14(11)10-17-15(18)8-12-4-2-3-5-13(12)9-16/h2-7H,8-10,16H2,1H3,(H,17,18). The number of rotatable bonds is 5. The van der Waals surface area contributed by atoms with Crippen LogP contribution in [0.15, 0.2) is 35.7 Å². The molecule has 2 rings (SSSR count). The molecule has 0 fully saturated rings. The molecule has 4 heteroatoms. The average molecular weight is 274 g/mol. The number of carbonyl (C=O) groups is 1. The Balaban J connectivity index is 1.93. The Bertz CT molecular complexity index is 563. The van der Waals surface area contributed by atoms with Gasteiger partial charge in [0.15, 0.2) is 0 Å². The molecule has 0 aliphatic rings. The van der Waals surface area contributed by atoms with Crippen LogP contribution >= 0.6 is 11.3 Å². The Morgan fingerprint density at radius 2 is 2.00 bits per heavy atom. The lowest BCUT2D eigenvalue weighted by atomic mass is 10.0. The van der Waals surface area contributed by atoms with E-state index in [0.717, 1.165) is 11.1 Å². The summed E-state index contributed by atoms with van der Waals surface area (Å²) < 4.78 is 0. The minimum atomic E-state index is 0.0358. The molecule has 0 bridgehead atoms. The van der Waals surface area contributed by atoms with Crippen molar-refractivity contribution in [1.82, 2.24) is 5.32 Å². The van der Waals surface area contributed by atoms with E-state index in [1.165, 1.54) is 10.4 Å². The molecule has 1 aromatic carbocycles. The molecular weight excluding hydrogens is 256 g/mol. The monoisotopic (exact) mass is 274 g/mol. The summed E-state index contributed by atoms with van der Waals surface area (Å²) in [6.07, 6.45) is 0.387. The molecule has 3 nitrogen and oxygen atoms in total. The quantitative estimate of drug-likeness (QED) is 0.879. The number of benzene rings is 1. The van der Waals surface area contributed by atoms with Crippen LogP contribution in [0.4, 0.5) is 0 Å². The number of carbonyl (C=O) groups excluding carboxylic acids is 1. The molecule has 0 unspecified atom stereocenters. The summed E-state index contributed by atoms with van der Waals surface area (Å²) in [6.45, 7) is 3.13. The molecule has 1 amide bonds. The van der Waals surface area contributed by atoms with Crippen LogP contribution in [0.5, 0.6) is 0 Å². The van der Waals surface area contributed by atoms with Gasteiger partial charge in [-0.2, -0.15) is 0 Å². The second kappa shape index (κ2) is 6.50. The Morgan fingerprint density at radius 1 is 1.26 bits per heavy atom. The van der Waals surface area contributed by atoms with Crippen LogP contribution < -0.4 is 11.1 Å². The highest BCUT2D eigenvalue weighted by molar-refractivity contribution is 7.10. The molecule has 0 saturated carbocycles. The van der Waals surface area contributed by atoms with Gasteiger partial charge in [0.1, 0.15) is 0 Å². The zero-order valence-electron chi connectivity index (χ0n) is 11.0. The van der Waals surface area contributed by atoms with Gasteiger partial charge in [-0.3, -0.25) is 4.79 Å². The Kier molecular flexibility index (Phi) is 4.71. The summed E-state index contributed by atoms with van der Waals surface area (Å²) in [4.78, 5) is 13.1. The molecule has 0 radical (unpaired) electrons. The van der Waals surface area contributed by atoms with Gasteiger partial charge in [0.2, 0.25) is 5.91 Å². The van der Waals surface area contributed by atoms with Crippen LogP contribution in [-0.4, -0.2) is 5.91 Å². The minimum absolute atomic E-state index is 0.0358. The highest BCUT2D eigenvalue weighted by Gasteiger charge is 2.07. The molecule has 100 valence electrons. The lowest BCUT2D eigenvalue weighted by Crippen LogP contribution is -2.25. The number of amides is 1. The van der Waals surface area contributed by atoms with Crippen LogP contribution in [0.25, 0.3) is 0 Å². The molecule has 1 heterocycles. The van der Waals surface area contributed by atoms with E-state index in [4.69, 9.17) is 5.73 Å². The normalized spacial score (nSPS) is 10.4. The number of nitrogens with two attached hydrogens (primary N) is 1. The largest absolute Gasteiger partial charge is 0.351 e. The first-order valence-electron chi connectivity index (χ1n) is 6.27. The lowest BCUT2D eigenvalue weighted by Gasteiger charge is -2.08. The zero-order valence-corrected chi connectivity index (χ0v) is 11.8. The van der Waals surface area contributed by atoms with Crippen LogP contribution in [0.1, 0.15) is 21.6 Å². The van der Waals surface area contributed by atoms with Crippen LogP contribution in [0.3, 0.4) is 0 Å². The highest BCUT2D eigenvalue weighted by Crippen LogP contribution is 2.15. The van der Waals surface area contributed by atoms with Crippen molar-refractivity contribution in [3.8, 4) is 0 Å². The van der Waals surface area contributed by atoms with Crippen LogP contribution in [0, 0.1) is 6.92 Å². The van der Waals surface area contributed by atoms with E-state index in [0.29, 0.717) is 19.5 Å². The maximum Gasteiger partial charge on any atom is 0.224 e. The van der Waals surface area contributed by atoms with Gasteiger partial charge in [-0.05, 0) is 35.1 Å². The Hall–Kier alpha value is -1.65. The predicted octanol–water partition coefficient (Wildman–Crippen LogP) is 2.37. The van der Waals surface area contributed by atoms with Gasteiger partial charge in [0.05, 0.1) is 13.0 Å². The van der Waals surface area contributed by atoms with Crippen molar-refractivity contribution >= 4 is 17.2 Å². The SMILES string of the molecule is Cc1ccsc1CNC(=O)Cc1ccccc1CN. The fourth-order valence-electron chi connectivity index (χ4n) is 1.93. The molecule has 0 spiro atoms. The minimum Gasteiger partial charge on any atom is -0.351 e. The first kappa shape index (κ1) is 13.8. The molecule has 19 heavy (non-hydrogen) atoms. The number of hydrogen-bond donors (Lipinski definition) is 2. The van der Waals surface area contributed by atoms with E-state index in [1.807, 2.05) is 29.6 Å². The number of nitrogens with one attached hydrogen (secondary N) is 1. The fraction of sp³-hybridized carbons (Fsp3) is 0.267. The second-order valence-corrected chi connectivity index (χ2v) is 5.45. The van der Waals surface area contributed by atoms with E-state index in [2.05, 4.69) is 18.3 Å². The van der Waals surface area contributed by atoms with Gasteiger partial charge in [-0.25, -0.2) is 0 Å². The maximum absolute atomic E-state index is 11.9. The van der Waals surface area contributed by atoms with Gasteiger partial charge in [0.25, 0.3) is 0 Å². The molecular formula is C15H18N2OS. The topological polar surface area (TPSA) is 55.1 Å². The number of thiophene rings is 1.